The molecule has 0 radical (unpaired) electrons. The Morgan fingerprint density at radius 3 is 2.06 bits per heavy atom. The first-order chi connectivity index (χ1) is 7.94. The molecule has 2 atom stereocenters. The van der Waals surface area contributed by atoms with E-state index in [-0.39, 0.29) is 0 Å². The minimum absolute atomic E-state index is 0.309. The number of rotatable bonds is 2. The molecule has 0 amide bonds. The fraction of sp³-hybridized carbons (Fsp3) is 1.00. The van der Waals surface area contributed by atoms with Crippen molar-refractivity contribution in [3.8, 4) is 0 Å². The topological polar surface area (TPSA) is 55.4 Å². The predicted molar refractivity (Wildman–Crippen MR) is 67.8 cm³/mol. The molecule has 5 heteroatoms. The largest absolute Gasteiger partial charge is 0.375 e. The van der Waals surface area contributed by atoms with E-state index in [1.54, 1.807) is 0 Å². The Hall–Kier alpha value is -0.130. The summed E-state index contributed by atoms with van der Waals surface area (Å²) < 4.78 is 28.4. The van der Waals surface area contributed by atoms with Gasteiger partial charge < -0.3 is 10.1 Å². The van der Waals surface area contributed by atoms with Crippen LogP contribution in [0.1, 0.15) is 39.5 Å². The molecule has 0 bridgehead atoms. The lowest BCUT2D eigenvalue weighted by Crippen LogP contribution is -2.48. The molecular formula is C12H23NO3S. The van der Waals surface area contributed by atoms with Crippen molar-refractivity contribution in [3.63, 3.8) is 0 Å². The molecule has 2 unspecified atom stereocenters. The third-order valence-electron chi connectivity index (χ3n) is 3.72. The van der Waals surface area contributed by atoms with Crippen LogP contribution in [0.2, 0.25) is 0 Å². The summed E-state index contributed by atoms with van der Waals surface area (Å²) in [4.78, 5) is 0. The summed E-state index contributed by atoms with van der Waals surface area (Å²) in [6, 6.07) is 0.862. The Balaban J connectivity index is 1.81. The molecule has 17 heavy (non-hydrogen) atoms. The van der Waals surface area contributed by atoms with E-state index in [1.165, 1.54) is 0 Å². The van der Waals surface area contributed by atoms with Gasteiger partial charge >= 0.3 is 0 Å². The van der Waals surface area contributed by atoms with E-state index >= 15 is 0 Å². The van der Waals surface area contributed by atoms with Gasteiger partial charge in [0.15, 0.2) is 0 Å². The van der Waals surface area contributed by atoms with Gasteiger partial charge in [-0.05, 0) is 39.5 Å². The van der Waals surface area contributed by atoms with Crippen molar-refractivity contribution in [3.05, 3.63) is 0 Å². The molecule has 2 fully saturated rings. The van der Waals surface area contributed by atoms with Gasteiger partial charge in [-0.25, -0.2) is 8.42 Å². The summed E-state index contributed by atoms with van der Waals surface area (Å²) in [7, 11) is -2.74. The number of hydrogen-bond donors (Lipinski definition) is 1. The van der Waals surface area contributed by atoms with E-state index in [2.05, 4.69) is 19.2 Å². The van der Waals surface area contributed by atoms with Gasteiger partial charge in [0.1, 0.15) is 9.84 Å². The molecule has 0 aliphatic carbocycles. The van der Waals surface area contributed by atoms with Crippen molar-refractivity contribution in [1.29, 1.82) is 0 Å². The van der Waals surface area contributed by atoms with Gasteiger partial charge in [-0.2, -0.15) is 0 Å². The molecule has 0 aromatic rings. The normalized spacial score (nSPS) is 39.1. The molecule has 1 N–H and O–H groups in total. The molecule has 0 aromatic carbocycles. The Morgan fingerprint density at radius 2 is 1.53 bits per heavy atom. The highest BCUT2D eigenvalue weighted by Gasteiger charge is 2.29. The highest BCUT2D eigenvalue weighted by molar-refractivity contribution is 7.91. The summed E-state index contributed by atoms with van der Waals surface area (Å²) in [5, 5.41) is 3.61. The van der Waals surface area contributed by atoms with E-state index in [1.807, 2.05) is 0 Å². The second kappa shape index (κ2) is 5.24. The van der Waals surface area contributed by atoms with Crippen LogP contribution in [0.4, 0.5) is 0 Å². The quantitative estimate of drug-likeness (QED) is 0.809. The van der Waals surface area contributed by atoms with Crippen LogP contribution in [0.25, 0.3) is 0 Å². The molecule has 2 saturated heterocycles. The van der Waals surface area contributed by atoms with Crippen LogP contribution >= 0.6 is 0 Å². The first-order valence-corrected chi connectivity index (χ1v) is 8.38. The molecule has 2 heterocycles. The van der Waals surface area contributed by atoms with E-state index in [0.717, 1.165) is 25.7 Å². The molecule has 2 rings (SSSR count). The first kappa shape index (κ1) is 13.3. The SMILES string of the molecule is CC1CC(NC2CCS(=O)(=O)CC2)CC(C)O1. The standard InChI is InChI=1S/C12H23NO3S/c1-9-7-12(8-10(2)16-9)13-11-3-5-17(14,15)6-4-11/h9-13H,3-8H2,1-2H3. The van der Waals surface area contributed by atoms with Crippen LogP contribution in [0, 0.1) is 0 Å². The lowest BCUT2D eigenvalue weighted by molar-refractivity contribution is -0.0437. The zero-order valence-electron chi connectivity index (χ0n) is 10.7. The fourth-order valence-electron chi connectivity index (χ4n) is 2.93. The van der Waals surface area contributed by atoms with Crippen molar-refractivity contribution in [2.45, 2.75) is 63.8 Å². The lowest BCUT2D eigenvalue weighted by atomic mass is 9.98. The maximum Gasteiger partial charge on any atom is 0.150 e. The second-order valence-electron chi connectivity index (χ2n) is 5.52. The average molecular weight is 261 g/mol. The first-order valence-electron chi connectivity index (χ1n) is 6.56. The predicted octanol–water partition coefficient (Wildman–Crippen LogP) is 1.11. The third kappa shape index (κ3) is 3.93. The summed E-state index contributed by atoms with van der Waals surface area (Å²) in [6.45, 7) is 4.21. The van der Waals surface area contributed by atoms with E-state index in [4.69, 9.17) is 4.74 Å². The minimum Gasteiger partial charge on any atom is -0.375 e. The van der Waals surface area contributed by atoms with E-state index in [0.29, 0.717) is 35.8 Å². The molecule has 100 valence electrons. The van der Waals surface area contributed by atoms with E-state index < -0.39 is 9.84 Å². The van der Waals surface area contributed by atoms with Gasteiger partial charge in [0.05, 0.1) is 23.7 Å². The maximum atomic E-state index is 11.3. The average Bonchev–Trinajstić information content (AvgIpc) is 2.20. The van der Waals surface area contributed by atoms with Crippen molar-refractivity contribution >= 4 is 9.84 Å². The van der Waals surface area contributed by atoms with Crippen LogP contribution in [0.15, 0.2) is 0 Å². The molecular weight excluding hydrogens is 238 g/mol. The monoisotopic (exact) mass is 261 g/mol. The fourth-order valence-corrected chi connectivity index (χ4v) is 4.42. The highest BCUT2D eigenvalue weighted by Crippen LogP contribution is 2.21. The Labute approximate surface area is 104 Å². The second-order valence-corrected chi connectivity index (χ2v) is 7.82. The van der Waals surface area contributed by atoms with Crippen LogP contribution in [-0.4, -0.2) is 44.2 Å². The van der Waals surface area contributed by atoms with Crippen molar-refractivity contribution in [2.24, 2.45) is 0 Å². The van der Waals surface area contributed by atoms with Gasteiger partial charge in [0.25, 0.3) is 0 Å². The number of sulfone groups is 1. The van der Waals surface area contributed by atoms with Gasteiger partial charge in [-0.1, -0.05) is 0 Å². The summed E-state index contributed by atoms with van der Waals surface area (Å²) >= 11 is 0. The third-order valence-corrected chi connectivity index (χ3v) is 5.44. The molecule has 0 spiro atoms. The summed E-state index contributed by atoms with van der Waals surface area (Å²) in [5.41, 5.74) is 0. The number of nitrogens with one attached hydrogen (secondary N) is 1. The maximum absolute atomic E-state index is 11.3. The molecule has 0 aromatic heterocycles. The lowest BCUT2D eigenvalue weighted by Gasteiger charge is -2.36. The molecule has 0 saturated carbocycles. The smallest absolute Gasteiger partial charge is 0.150 e. The summed E-state index contributed by atoms with van der Waals surface area (Å²) in [6.07, 6.45) is 4.22. The van der Waals surface area contributed by atoms with Crippen LogP contribution < -0.4 is 5.32 Å². The van der Waals surface area contributed by atoms with Crippen LogP contribution in [-0.2, 0) is 14.6 Å². The van der Waals surface area contributed by atoms with Gasteiger partial charge in [-0.15, -0.1) is 0 Å². The Kier molecular flexibility index (Phi) is 4.10. The van der Waals surface area contributed by atoms with Crippen molar-refractivity contribution in [1.82, 2.24) is 5.32 Å². The van der Waals surface area contributed by atoms with Gasteiger partial charge in [0.2, 0.25) is 0 Å². The van der Waals surface area contributed by atoms with E-state index in [9.17, 15) is 8.42 Å². The zero-order valence-corrected chi connectivity index (χ0v) is 11.5. The van der Waals surface area contributed by atoms with Crippen molar-refractivity contribution < 1.29 is 13.2 Å². The summed E-state index contributed by atoms with van der Waals surface area (Å²) in [5.74, 6) is 0.692. The van der Waals surface area contributed by atoms with Gasteiger partial charge in [-0.3, -0.25) is 0 Å². The molecule has 4 nitrogen and oxygen atoms in total. The van der Waals surface area contributed by atoms with Crippen LogP contribution in [0.5, 0.6) is 0 Å². The molecule has 2 aliphatic heterocycles. The molecule has 2 aliphatic rings. The Morgan fingerprint density at radius 1 is 1.00 bits per heavy atom. The minimum atomic E-state index is -2.74. The van der Waals surface area contributed by atoms with Gasteiger partial charge in [0, 0.05) is 12.1 Å². The number of hydrogen-bond acceptors (Lipinski definition) is 4. The van der Waals surface area contributed by atoms with Crippen LogP contribution in [0.3, 0.4) is 0 Å². The number of ether oxygens (including phenoxy) is 1. The zero-order chi connectivity index (χ0) is 12.5. The Bertz CT molecular complexity index is 331. The van der Waals surface area contributed by atoms with Crippen molar-refractivity contribution in [2.75, 3.05) is 11.5 Å². The highest BCUT2D eigenvalue weighted by atomic mass is 32.2.